The predicted octanol–water partition coefficient (Wildman–Crippen LogP) is 4.60. The summed E-state index contributed by atoms with van der Waals surface area (Å²) >= 11 is 3.57. The van der Waals surface area contributed by atoms with Gasteiger partial charge in [0, 0.05) is 28.3 Å². The molecule has 0 aliphatic rings. The molecule has 20 heavy (non-hydrogen) atoms. The maximum absolute atomic E-state index is 4.67. The van der Waals surface area contributed by atoms with Crippen LogP contribution < -0.4 is 5.32 Å². The fourth-order valence-electron chi connectivity index (χ4n) is 2.01. The van der Waals surface area contributed by atoms with Gasteiger partial charge in [-0.2, -0.15) is 0 Å². The van der Waals surface area contributed by atoms with Gasteiger partial charge in [-0.25, -0.2) is 9.97 Å². The first-order valence-corrected chi connectivity index (χ1v) is 7.81. The molecule has 0 bridgehead atoms. The Morgan fingerprint density at radius 1 is 1.15 bits per heavy atom. The third-order valence-electron chi connectivity index (χ3n) is 3.07. The highest BCUT2D eigenvalue weighted by Crippen LogP contribution is 2.24. The van der Waals surface area contributed by atoms with Crippen LogP contribution in [0.3, 0.4) is 0 Å². The minimum atomic E-state index is 0.785. The van der Waals surface area contributed by atoms with E-state index in [2.05, 4.69) is 70.2 Å². The number of nitrogens with zero attached hydrogens (tertiary/aromatic N) is 2. The molecule has 0 fully saturated rings. The van der Waals surface area contributed by atoms with E-state index < -0.39 is 0 Å². The van der Waals surface area contributed by atoms with Crippen molar-refractivity contribution in [2.24, 2.45) is 0 Å². The van der Waals surface area contributed by atoms with Crippen molar-refractivity contribution in [2.75, 3.05) is 11.9 Å². The predicted molar refractivity (Wildman–Crippen MR) is 88.1 cm³/mol. The van der Waals surface area contributed by atoms with Crippen LogP contribution in [-0.4, -0.2) is 16.5 Å². The molecule has 0 atom stereocenters. The van der Waals surface area contributed by atoms with Crippen LogP contribution in [0.15, 0.2) is 28.7 Å². The fourth-order valence-corrected chi connectivity index (χ4v) is 2.39. The van der Waals surface area contributed by atoms with Crippen LogP contribution in [0.4, 0.5) is 5.82 Å². The van der Waals surface area contributed by atoms with Crippen molar-refractivity contribution in [1.82, 2.24) is 9.97 Å². The molecule has 106 valence electrons. The van der Waals surface area contributed by atoms with E-state index in [4.69, 9.17) is 0 Å². The van der Waals surface area contributed by atoms with Gasteiger partial charge in [0.25, 0.3) is 0 Å². The van der Waals surface area contributed by atoms with E-state index in [0.717, 1.165) is 46.8 Å². The number of hydrogen-bond acceptors (Lipinski definition) is 3. The standard InChI is InChI=1S/C16H20BrN3/c1-4-6-13-10-15(18-5-2)20-16(19-13)12-8-7-11(3)14(17)9-12/h7-10H,4-6H2,1-3H3,(H,18,19,20). The topological polar surface area (TPSA) is 37.8 Å². The molecule has 2 rings (SSSR count). The lowest BCUT2D eigenvalue weighted by Gasteiger charge is -2.09. The summed E-state index contributed by atoms with van der Waals surface area (Å²) in [6.07, 6.45) is 2.06. The Morgan fingerprint density at radius 2 is 1.95 bits per heavy atom. The average molecular weight is 334 g/mol. The van der Waals surface area contributed by atoms with Crippen molar-refractivity contribution in [3.63, 3.8) is 0 Å². The zero-order chi connectivity index (χ0) is 14.5. The smallest absolute Gasteiger partial charge is 0.161 e. The van der Waals surface area contributed by atoms with Crippen LogP contribution in [0.25, 0.3) is 11.4 Å². The van der Waals surface area contributed by atoms with E-state index in [1.807, 2.05) is 6.07 Å². The Labute approximate surface area is 129 Å². The second-order valence-corrected chi connectivity index (χ2v) is 5.67. The summed E-state index contributed by atoms with van der Waals surface area (Å²) in [5.74, 6) is 1.69. The van der Waals surface area contributed by atoms with Crippen molar-refractivity contribution in [2.45, 2.75) is 33.6 Å². The van der Waals surface area contributed by atoms with Gasteiger partial charge >= 0.3 is 0 Å². The zero-order valence-corrected chi connectivity index (χ0v) is 13.8. The minimum absolute atomic E-state index is 0.785. The van der Waals surface area contributed by atoms with Crippen LogP contribution in [0, 0.1) is 6.92 Å². The second-order valence-electron chi connectivity index (χ2n) is 4.81. The van der Waals surface area contributed by atoms with E-state index in [1.165, 1.54) is 5.56 Å². The van der Waals surface area contributed by atoms with E-state index in [1.54, 1.807) is 0 Å². The molecule has 1 aromatic heterocycles. The highest BCUT2D eigenvalue weighted by Gasteiger charge is 2.08. The number of anilines is 1. The summed E-state index contributed by atoms with van der Waals surface area (Å²) in [6, 6.07) is 8.28. The molecule has 3 nitrogen and oxygen atoms in total. The lowest BCUT2D eigenvalue weighted by Crippen LogP contribution is -2.04. The summed E-state index contributed by atoms with van der Waals surface area (Å²) in [5.41, 5.74) is 3.34. The average Bonchev–Trinajstić information content (AvgIpc) is 2.42. The normalized spacial score (nSPS) is 10.6. The first-order chi connectivity index (χ1) is 9.63. The molecule has 1 aromatic carbocycles. The van der Waals surface area contributed by atoms with Crippen LogP contribution in [-0.2, 0) is 6.42 Å². The van der Waals surface area contributed by atoms with Gasteiger partial charge in [0.05, 0.1) is 0 Å². The molecular weight excluding hydrogens is 314 g/mol. The number of aromatic nitrogens is 2. The molecule has 0 aliphatic carbocycles. The van der Waals surface area contributed by atoms with Gasteiger partial charge in [0.1, 0.15) is 5.82 Å². The van der Waals surface area contributed by atoms with Crippen molar-refractivity contribution >= 4 is 21.7 Å². The number of aryl methyl sites for hydroxylation is 2. The van der Waals surface area contributed by atoms with Crippen molar-refractivity contribution in [3.05, 3.63) is 40.0 Å². The molecule has 2 aromatic rings. The molecular formula is C16H20BrN3. The lowest BCUT2D eigenvalue weighted by molar-refractivity contribution is 0.875. The number of benzene rings is 1. The Kier molecular flexibility index (Phi) is 5.12. The monoisotopic (exact) mass is 333 g/mol. The summed E-state index contributed by atoms with van der Waals surface area (Å²) < 4.78 is 1.09. The van der Waals surface area contributed by atoms with Gasteiger partial charge in [-0.3, -0.25) is 0 Å². The first-order valence-electron chi connectivity index (χ1n) is 7.02. The highest BCUT2D eigenvalue weighted by molar-refractivity contribution is 9.10. The fraction of sp³-hybridized carbons (Fsp3) is 0.375. The summed E-state index contributed by atoms with van der Waals surface area (Å²) in [4.78, 5) is 9.28. The Balaban J connectivity index is 2.45. The number of nitrogens with one attached hydrogen (secondary N) is 1. The van der Waals surface area contributed by atoms with Crippen molar-refractivity contribution in [3.8, 4) is 11.4 Å². The molecule has 0 saturated heterocycles. The molecule has 1 N–H and O–H groups in total. The van der Waals surface area contributed by atoms with Gasteiger partial charge in [-0.05, 0) is 31.9 Å². The van der Waals surface area contributed by atoms with Gasteiger partial charge in [0.15, 0.2) is 5.82 Å². The lowest BCUT2D eigenvalue weighted by atomic mass is 10.1. The van der Waals surface area contributed by atoms with Crippen LogP contribution >= 0.6 is 15.9 Å². The third kappa shape index (κ3) is 3.57. The zero-order valence-electron chi connectivity index (χ0n) is 12.2. The highest BCUT2D eigenvalue weighted by atomic mass is 79.9. The summed E-state index contributed by atoms with van der Waals surface area (Å²) in [7, 11) is 0. The molecule has 4 heteroatoms. The molecule has 0 spiro atoms. The molecule has 1 heterocycles. The van der Waals surface area contributed by atoms with Crippen LogP contribution in [0.5, 0.6) is 0 Å². The SMILES string of the molecule is CCCc1cc(NCC)nc(-c2ccc(C)c(Br)c2)n1. The third-order valence-corrected chi connectivity index (χ3v) is 3.93. The van der Waals surface area contributed by atoms with E-state index in [0.29, 0.717) is 0 Å². The van der Waals surface area contributed by atoms with Gasteiger partial charge in [-0.1, -0.05) is 41.4 Å². The summed E-state index contributed by atoms with van der Waals surface area (Å²) in [5, 5.41) is 3.28. The van der Waals surface area contributed by atoms with E-state index >= 15 is 0 Å². The molecule has 0 radical (unpaired) electrons. The molecule has 0 aliphatic heterocycles. The van der Waals surface area contributed by atoms with Crippen molar-refractivity contribution < 1.29 is 0 Å². The first kappa shape index (κ1) is 15.0. The number of hydrogen-bond donors (Lipinski definition) is 1. The van der Waals surface area contributed by atoms with Crippen molar-refractivity contribution in [1.29, 1.82) is 0 Å². The number of halogens is 1. The largest absolute Gasteiger partial charge is 0.370 e. The molecule has 0 amide bonds. The van der Waals surface area contributed by atoms with Gasteiger partial charge < -0.3 is 5.32 Å². The van der Waals surface area contributed by atoms with Gasteiger partial charge in [-0.15, -0.1) is 0 Å². The van der Waals surface area contributed by atoms with Crippen LogP contribution in [0.2, 0.25) is 0 Å². The van der Waals surface area contributed by atoms with Crippen LogP contribution in [0.1, 0.15) is 31.5 Å². The second kappa shape index (κ2) is 6.84. The quantitative estimate of drug-likeness (QED) is 0.868. The molecule has 0 saturated carbocycles. The Hall–Kier alpha value is -1.42. The maximum Gasteiger partial charge on any atom is 0.161 e. The Bertz CT molecular complexity index is 572. The van der Waals surface area contributed by atoms with E-state index in [-0.39, 0.29) is 0 Å². The van der Waals surface area contributed by atoms with Gasteiger partial charge in [0.2, 0.25) is 0 Å². The number of rotatable bonds is 5. The molecule has 0 unspecified atom stereocenters. The summed E-state index contributed by atoms with van der Waals surface area (Å²) in [6.45, 7) is 7.17. The minimum Gasteiger partial charge on any atom is -0.370 e. The maximum atomic E-state index is 4.67. The Morgan fingerprint density at radius 3 is 2.60 bits per heavy atom. The van der Waals surface area contributed by atoms with E-state index in [9.17, 15) is 0 Å².